The van der Waals surface area contributed by atoms with Crippen molar-refractivity contribution in [3.05, 3.63) is 33.8 Å². The second-order valence-corrected chi connectivity index (χ2v) is 5.01. The highest BCUT2D eigenvalue weighted by atomic mass is 79.9. The molecule has 1 aromatic rings. The molecule has 1 N–H and O–H groups in total. The lowest BCUT2D eigenvalue weighted by Crippen LogP contribution is -2.13. The third-order valence-corrected chi connectivity index (χ3v) is 3.60. The topological polar surface area (TPSA) is 20.2 Å². The third kappa shape index (κ3) is 2.06. The summed E-state index contributed by atoms with van der Waals surface area (Å²) in [6.07, 6.45) is 1.96. The number of hydrogen-bond donors (Lipinski definition) is 1. The van der Waals surface area contributed by atoms with Gasteiger partial charge in [0, 0.05) is 12.2 Å². The van der Waals surface area contributed by atoms with Gasteiger partial charge in [0.2, 0.25) is 0 Å². The van der Waals surface area contributed by atoms with Crippen LogP contribution in [0.1, 0.15) is 18.4 Å². The van der Waals surface area contributed by atoms with Crippen LogP contribution in [0, 0.1) is 17.0 Å². The average molecular weight is 277 g/mol. The Bertz CT molecular complexity index is 388. The minimum absolute atomic E-state index is 0.00159. The number of rotatable bonds is 3. The van der Waals surface area contributed by atoms with Crippen LogP contribution in [0.15, 0.2) is 16.6 Å². The van der Waals surface area contributed by atoms with Crippen molar-refractivity contribution >= 4 is 15.9 Å². The molecule has 0 saturated heterocycles. The third-order valence-electron chi connectivity index (χ3n) is 2.98. The van der Waals surface area contributed by atoms with Gasteiger partial charge < -0.3 is 5.11 Å². The van der Waals surface area contributed by atoms with E-state index in [0.717, 1.165) is 12.8 Å². The molecule has 1 fully saturated rings. The first-order valence-corrected chi connectivity index (χ1v) is 5.60. The number of benzene rings is 1. The molecule has 15 heavy (non-hydrogen) atoms. The second-order valence-electron chi connectivity index (χ2n) is 4.16. The van der Waals surface area contributed by atoms with Crippen molar-refractivity contribution in [2.24, 2.45) is 5.41 Å². The fourth-order valence-electron chi connectivity index (χ4n) is 1.67. The Morgan fingerprint density at radius 2 is 2.00 bits per heavy atom. The van der Waals surface area contributed by atoms with E-state index in [9.17, 15) is 8.78 Å². The minimum Gasteiger partial charge on any atom is -0.396 e. The maximum atomic E-state index is 13.6. The molecule has 1 aliphatic carbocycles. The quantitative estimate of drug-likeness (QED) is 0.842. The van der Waals surface area contributed by atoms with Crippen molar-refractivity contribution in [2.75, 3.05) is 6.61 Å². The van der Waals surface area contributed by atoms with E-state index < -0.39 is 11.6 Å². The zero-order chi connectivity index (χ0) is 11.1. The van der Waals surface area contributed by atoms with Crippen LogP contribution in [0.4, 0.5) is 8.78 Å². The van der Waals surface area contributed by atoms with E-state index >= 15 is 0 Å². The van der Waals surface area contributed by atoms with E-state index in [0.29, 0.717) is 0 Å². The maximum absolute atomic E-state index is 13.6. The molecular weight excluding hydrogens is 266 g/mol. The molecule has 1 nitrogen and oxygen atoms in total. The molecule has 0 aromatic heterocycles. The molecule has 82 valence electrons. The Hall–Kier alpha value is -0.480. The number of aliphatic hydroxyl groups is 1. The average Bonchev–Trinajstić information content (AvgIpc) is 3.00. The Kier molecular flexibility index (Phi) is 2.81. The van der Waals surface area contributed by atoms with Crippen LogP contribution in [0.3, 0.4) is 0 Å². The highest BCUT2D eigenvalue weighted by Gasteiger charge is 2.43. The van der Waals surface area contributed by atoms with Crippen LogP contribution >= 0.6 is 15.9 Å². The van der Waals surface area contributed by atoms with E-state index in [-0.39, 0.29) is 28.5 Å². The molecule has 0 bridgehead atoms. The number of halogens is 3. The standard InChI is InChI=1S/C11H11BrF2O/c12-8-1-2-9(13)7(10(8)14)5-11(6-15)3-4-11/h1-2,15H,3-6H2. The fourth-order valence-corrected chi connectivity index (χ4v) is 2.05. The summed E-state index contributed by atoms with van der Waals surface area (Å²) in [5.74, 6) is -1.08. The Balaban J connectivity index is 2.31. The molecule has 0 heterocycles. The van der Waals surface area contributed by atoms with E-state index in [2.05, 4.69) is 15.9 Å². The number of aliphatic hydroxyl groups excluding tert-OH is 1. The molecule has 0 amide bonds. The zero-order valence-electron chi connectivity index (χ0n) is 8.06. The van der Waals surface area contributed by atoms with Gasteiger partial charge in [0.05, 0.1) is 4.47 Å². The number of hydrogen-bond acceptors (Lipinski definition) is 1. The Morgan fingerprint density at radius 1 is 1.33 bits per heavy atom. The van der Waals surface area contributed by atoms with Crippen LogP contribution in [0.2, 0.25) is 0 Å². The van der Waals surface area contributed by atoms with Gasteiger partial charge >= 0.3 is 0 Å². The predicted molar refractivity (Wildman–Crippen MR) is 56.5 cm³/mol. The monoisotopic (exact) mass is 276 g/mol. The van der Waals surface area contributed by atoms with Gasteiger partial charge in [-0.2, -0.15) is 0 Å². The molecule has 1 saturated carbocycles. The SMILES string of the molecule is OCC1(Cc2c(F)ccc(Br)c2F)CC1. The lowest BCUT2D eigenvalue weighted by atomic mass is 9.97. The van der Waals surface area contributed by atoms with Crippen molar-refractivity contribution in [1.82, 2.24) is 0 Å². The summed E-state index contributed by atoms with van der Waals surface area (Å²) in [7, 11) is 0. The first-order chi connectivity index (χ1) is 7.08. The van der Waals surface area contributed by atoms with Crippen LogP contribution < -0.4 is 0 Å². The van der Waals surface area contributed by atoms with Crippen LogP contribution in [-0.2, 0) is 6.42 Å². The van der Waals surface area contributed by atoms with E-state index in [1.807, 2.05) is 0 Å². The van der Waals surface area contributed by atoms with Crippen molar-refractivity contribution in [3.8, 4) is 0 Å². The summed E-state index contributed by atoms with van der Waals surface area (Å²) in [6, 6.07) is 2.60. The fraction of sp³-hybridized carbons (Fsp3) is 0.455. The van der Waals surface area contributed by atoms with Crippen molar-refractivity contribution in [1.29, 1.82) is 0 Å². The summed E-state index contributed by atoms with van der Waals surface area (Å²) >= 11 is 3.03. The smallest absolute Gasteiger partial charge is 0.143 e. The van der Waals surface area contributed by atoms with Crippen molar-refractivity contribution in [3.63, 3.8) is 0 Å². The van der Waals surface area contributed by atoms with Gasteiger partial charge in [-0.3, -0.25) is 0 Å². The molecule has 0 unspecified atom stereocenters. The summed E-state index contributed by atoms with van der Waals surface area (Å²) in [6.45, 7) is -0.00159. The largest absolute Gasteiger partial charge is 0.396 e. The van der Waals surface area contributed by atoms with E-state index in [4.69, 9.17) is 5.11 Å². The van der Waals surface area contributed by atoms with Gasteiger partial charge in [-0.1, -0.05) is 0 Å². The van der Waals surface area contributed by atoms with Gasteiger partial charge in [-0.25, -0.2) is 8.78 Å². The highest BCUT2D eigenvalue weighted by molar-refractivity contribution is 9.10. The van der Waals surface area contributed by atoms with Crippen LogP contribution in [0.5, 0.6) is 0 Å². The molecular formula is C11H11BrF2O. The maximum Gasteiger partial charge on any atom is 0.143 e. The lowest BCUT2D eigenvalue weighted by molar-refractivity contribution is 0.209. The normalized spacial score (nSPS) is 17.9. The van der Waals surface area contributed by atoms with Crippen LogP contribution in [0.25, 0.3) is 0 Å². The lowest BCUT2D eigenvalue weighted by Gasteiger charge is -2.13. The molecule has 0 radical (unpaired) electrons. The first kappa shape index (κ1) is 11.0. The molecule has 1 aromatic carbocycles. The summed E-state index contributed by atoms with van der Waals surface area (Å²) in [5, 5.41) is 9.11. The van der Waals surface area contributed by atoms with E-state index in [1.54, 1.807) is 0 Å². The Labute approximate surface area is 95.2 Å². The van der Waals surface area contributed by atoms with Gasteiger partial charge in [0.15, 0.2) is 0 Å². The first-order valence-electron chi connectivity index (χ1n) is 4.81. The summed E-state index contributed by atoms with van der Waals surface area (Å²) in [4.78, 5) is 0. The molecule has 2 rings (SSSR count). The molecule has 1 aliphatic rings. The zero-order valence-corrected chi connectivity index (χ0v) is 9.65. The molecule has 0 spiro atoms. The van der Waals surface area contributed by atoms with Crippen molar-refractivity contribution < 1.29 is 13.9 Å². The van der Waals surface area contributed by atoms with Gasteiger partial charge in [0.1, 0.15) is 11.6 Å². The second kappa shape index (κ2) is 3.83. The molecule has 4 heteroatoms. The van der Waals surface area contributed by atoms with Gasteiger partial charge in [-0.15, -0.1) is 0 Å². The summed E-state index contributed by atoms with van der Waals surface area (Å²) in [5.41, 5.74) is -0.196. The van der Waals surface area contributed by atoms with Crippen LogP contribution in [-0.4, -0.2) is 11.7 Å². The van der Waals surface area contributed by atoms with Gasteiger partial charge in [0.25, 0.3) is 0 Å². The van der Waals surface area contributed by atoms with Crippen molar-refractivity contribution in [2.45, 2.75) is 19.3 Å². The van der Waals surface area contributed by atoms with E-state index in [1.165, 1.54) is 12.1 Å². The predicted octanol–water partition coefficient (Wildman–Crippen LogP) is 3.04. The molecule has 0 atom stereocenters. The Morgan fingerprint density at radius 3 is 2.53 bits per heavy atom. The minimum atomic E-state index is -0.547. The highest BCUT2D eigenvalue weighted by Crippen LogP contribution is 2.48. The summed E-state index contributed by atoms with van der Waals surface area (Å²) < 4.78 is 27.2. The van der Waals surface area contributed by atoms with Gasteiger partial charge in [-0.05, 0) is 52.7 Å². The molecule has 0 aliphatic heterocycles.